The lowest BCUT2D eigenvalue weighted by Gasteiger charge is -2.11. The normalized spacial score (nSPS) is 13.2. The molecule has 0 saturated carbocycles. The Morgan fingerprint density at radius 3 is 1.71 bits per heavy atom. The van der Waals surface area contributed by atoms with Crippen LogP contribution in [0.25, 0.3) is 99.9 Å². The summed E-state index contributed by atoms with van der Waals surface area (Å²) in [6.07, 6.45) is 0. The first-order valence-electron chi connectivity index (χ1n) is 19.6. The highest BCUT2D eigenvalue weighted by atomic mass is 16.3. The van der Waals surface area contributed by atoms with Crippen LogP contribution in [0.15, 0.2) is 180 Å². The molecule has 10 aromatic rings. The highest BCUT2D eigenvalue weighted by molar-refractivity contribution is 6.13. The number of benzene rings is 8. The molecule has 4 nitrogen and oxygen atoms in total. The van der Waals surface area contributed by atoms with Gasteiger partial charge in [0.1, 0.15) is 11.2 Å². The van der Waals surface area contributed by atoms with Gasteiger partial charge in [0.25, 0.3) is 0 Å². The van der Waals surface area contributed by atoms with Crippen LogP contribution in [0.1, 0.15) is 8.22 Å². The van der Waals surface area contributed by atoms with Crippen LogP contribution in [0.4, 0.5) is 0 Å². The maximum atomic E-state index is 8.45. The topological polar surface area (TPSA) is 51.8 Å². The third kappa shape index (κ3) is 5.22. The van der Waals surface area contributed by atoms with Gasteiger partial charge < -0.3 is 4.42 Å². The Hall–Kier alpha value is -6.91. The molecule has 0 N–H and O–H groups in total. The molecule has 0 aliphatic rings. The van der Waals surface area contributed by atoms with E-state index < -0.39 is 6.04 Å². The summed E-state index contributed by atoms with van der Waals surface area (Å²) >= 11 is 0. The number of aromatic nitrogens is 3. The van der Waals surface area contributed by atoms with Gasteiger partial charge in [0.2, 0.25) is 0 Å². The Kier molecular flexibility index (Phi) is 5.47. The van der Waals surface area contributed by atoms with E-state index in [4.69, 9.17) is 27.6 Å². The molecular weight excluding hydrogens is 623 g/mol. The molecule has 0 unspecified atom stereocenters. The summed E-state index contributed by atoms with van der Waals surface area (Å²) in [5.74, 6) is 1.43. The zero-order valence-electron chi connectivity index (χ0n) is 33.0. The van der Waals surface area contributed by atoms with E-state index in [1.54, 1.807) is 30.3 Å². The smallest absolute Gasteiger partial charge is 0.164 e. The molecule has 0 aliphatic heterocycles. The highest BCUT2D eigenvalue weighted by Crippen LogP contribution is 2.38. The summed E-state index contributed by atoms with van der Waals surface area (Å²) in [7, 11) is 0. The van der Waals surface area contributed by atoms with Gasteiger partial charge in [-0.05, 0) is 74.1 Å². The van der Waals surface area contributed by atoms with Gasteiger partial charge in [-0.15, -0.1) is 0 Å². The Bertz CT molecular complexity index is 3240. The zero-order chi connectivity index (χ0) is 38.9. The van der Waals surface area contributed by atoms with E-state index in [2.05, 4.69) is 60.7 Å². The lowest BCUT2D eigenvalue weighted by atomic mass is 9.96. The first-order chi connectivity index (χ1) is 27.7. The monoisotopic (exact) mass is 657 g/mol. The van der Waals surface area contributed by atoms with E-state index in [-0.39, 0.29) is 29.7 Å². The molecular formula is C47H29N3O. The average molecular weight is 658 g/mol. The average Bonchev–Trinajstić information content (AvgIpc) is 3.62. The van der Waals surface area contributed by atoms with Crippen molar-refractivity contribution in [3.8, 4) is 56.4 Å². The van der Waals surface area contributed by atoms with E-state index in [0.717, 1.165) is 65.7 Å². The summed E-state index contributed by atoms with van der Waals surface area (Å²) in [5, 5.41) is 6.10. The molecule has 8 aromatic carbocycles. The fourth-order valence-corrected chi connectivity index (χ4v) is 6.78. The van der Waals surface area contributed by atoms with Crippen molar-refractivity contribution >= 4 is 43.5 Å². The lowest BCUT2D eigenvalue weighted by Crippen LogP contribution is -2.00. The Balaban J connectivity index is 1.08. The summed E-state index contributed by atoms with van der Waals surface area (Å²) in [6, 6.07) is 44.0. The molecule has 4 heteroatoms. The standard InChI is InChI=1S/C47H29N3O/c1-2-9-30(10-3-1)32-17-20-33(21-18-32)45-48-46(38-25-19-31-11-4-5-12-34(31)28-38)50-47(49-45)39-26-23-35-27-37(24-22-36(35)29-39)40-14-8-16-43-44(40)41-13-6-7-15-42(41)51-43/h1-29H/i1D,2D,3D,6D,9D,10D. The predicted octanol–water partition coefficient (Wildman–Crippen LogP) is 12.4. The molecule has 0 atom stereocenters. The first kappa shape index (κ1) is 23.4. The first-order valence-corrected chi connectivity index (χ1v) is 16.6. The zero-order valence-corrected chi connectivity index (χ0v) is 27.0. The van der Waals surface area contributed by atoms with Crippen LogP contribution in [0, 0.1) is 0 Å². The van der Waals surface area contributed by atoms with Crippen molar-refractivity contribution in [3.63, 3.8) is 0 Å². The van der Waals surface area contributed by atoms with Gasteiger partial charge in [-0.3, -0.25) is 0 Å². The number of para-hydroxylation sites is 1. The fourth-order valence-electron chi connectivity index (χ4n) is 6.78. The van der Waals surface area contributed by atoms with Crippen LogP contribution in [0.3, 0.4) is 0 Å². The number of hydrogen-bond donors (Lipinski definition) is 0. The van der Waals surface area contributed by atoms with Crippen LogP contribution in [0.5, 0.6) is 0 Å². The molecule has 0 spiro atoms. The number of furan rings is 1. The van der Waals surface area contributed by atoms with E-state index in [0.29, 0.717) is 34.6 Å². The second-order valence-corrected chi connectivity index (χ2v) is 12.4. The molecule has 2 aromatic heterocycles. The molecule has 0 saturated heterocycles. The minimum Gasteiger partial charge on any atom is -0.456 e. The van der Waals surface area contributed by atoms with Crippen molar-refractivity contribution in [3.05, 3.63) is 176 Å². The quantitative estimate of drug-likeness (QED) is 0.185. The van der Waals surface area contributed by atoms with E-state index in [9.17, 15) is 0 Å². The number of hydrogen-bond acceptors (Lipinski definition) is 4. The summed E-state index contributed by atoms with van der Waals surface area (Å²) < 4.78 is 55.5. The predicted molar refractivity (Wildman–Crippen MR) is 209 cm³/mol. The SMILES string of the molecule is [2H]c1ccc2oc3cccc(-c4ccc5cc(-c6nc(-c7ccc(-c8c([2H])c([2H])c([2H])c([2H])c8[2H])cc7)nc(-c7ccc8ccccc8c7)n6)ccc5c4)c3c2c1. The van der Waals surface area contributed by atoms with Crippen molar-refractivity contribution in [2.45, 2.75) is 0 Å². The highest BCUT2D eigenvalue weighted by Gasteiger charge is 2.15. The summed E-state index contributed by atoms with van der Waals surface area (Å²) in [5.41, 5.74) is 6.55. The van der Waals surface area contributed by atoms with Gasteiger partial charge in [0, 0.05) is 27.5 Å². The van der Waals surface area contributed by atoms with Crippen LogP contribution >= 0.6 is 0 Å². The maximum absolute atomic E-state index is 8.45. The van der Waals surface area contributed by atoms with Crippen molar-refractivity contribution in [1.29, 1.82) is 0 Å². The van der Waals surface area contributed by atoms with Crippen molar-refractivity contribution < 1.29 is 12.6 Å². The van der Waals surface area contributed by atoms with Crippen molar-refractivity contribution in [2.24, 2.45) is 0 Å². The minimum atomic E-state index is -0.428. The van der Waals surface area contributed by atoms with Gasteiger partial charge in [0.15, 0.2) is 17.5 Å². The molecule has 0 radical (unpaired) electrons. The van der Waals surface area contributed by atoms with Crippen LogP contribution < -0.4 is 0 Å². The van der Waals surface area contributed by atoms with Crippen molar-refractivity contribution in [1.82, 2.24) is 15.0 Å². The van der Waals surface area contributed by atoms with Crippen LogP contribution in [-0.4, -0.2) is 15.0 Å². The van der Waals surface area contributed by atoms with E-state index >= 15 is 0 Å². The molecule has 0 fully saturated rings. The molecule has 0 aliphatic carbocycles. The van der Waals surface area contributed by atoms with Crippen LogP contribution in [-0.2, 0) is 0 Å². The largest absolute Gasteiger partial charge is 0.456 e. The fraction of sp³-hybridized carbons (Fsp3) is 0. The molecule has 0 amide bonds. The number of fused-ring (bicyclic) bond motifs is 5. The van der Waals surface area contributed by atoms with Gasteiger partial charge in [-0.25, -0.2) is 15.0 Å². The van der Waals surface area contributed by atoms with Gasteiger partial charge >= 0.3 is 0 Å². The third-order valence-corrected chi connectivity index (χ3v) is 9.32. The summed E-state index contributed by atoms with van der Waals surface area (Å²) in [4.78, 5) is 14.9. The minimum absolute atomic E-state index is 0.136. The third-order valence-electron chi connectivity index (χ3n) is 9.32. The molecule has 0 bridgehead atoms. The van der Waals surface area contributed by atoms with Crippen LogP contribution in [0.2, 0.25) is 0 Å². The Morgan fingerprint density at radius 2 is 0.961 bits per heavy atom. The second-order valence-electron chi connectivity index (χ2n) is 12.4. The number of nitrogens with zero attached hydrogens (tertiary/aromatic N) is 3. The summed E-state index contributed by atoms with van der Waals surface area (Å²) in [6.45, 7) is 0. The van der Waals surface area contributed by atoms with E-state index in [1.807, 2.05) is 48.5 Å². The Morgan fingerprint density at radius 1 is 0.392 bits per heavy atom. The van der Waals surface area contributed by atoms with Gasteiger partial charge in [-0.1, -0.05) is 145 Å². The Labute approximate surface area is 302 Å². The molecule has 238 valence electrons. The van der Waals surface area contributed by atoms with E-state index in [1.165, 1.54) is 0 Å². The molecule has 2 heterocycles. The molecule has 51 heavy (non-hydrogen) atoms. The molecule has 10 rings (SSSR count). The second kappa shape index (κ2) is 11.9. The van der Waals surface area contributed by atoms with Gasteiger partial charge in [-0.2, -0.15) is 0 Å². The van der Waals surface area contributed by atoms with Gasteiger partial charge in [0.05, 0.1) is 8.22 Å². The van der Waals surface area contributed by atoms with Crippen molar-refractivity contribution in [2.75, 3.05) is 0 Å². The number of rotatable bonds is 5. The maximum Gasteiger partial charge on any atom is 0.164 e. The lowest BCUT2D eigenvalue weighted by molar-refractivity contribution is 0.669.